The predicted octanol–water partition coefficient (Wildman–Crippen LogP) is 3.97. The molecule has 1 heterocycles. The van der Waals surface area contributed by atoms with Gasteiger partial charge in [0, 0.05) is 25.4 Å². The second-order valence-corrected chi connectivity index (χ2v) is 11.6. The first-order valence-corrected chi connectivity index (χ1v) is 14.4. The van der Waals surface area contributed by atoms with Crippen molar-refractivity contribution in [3.8, 4) is 5.75 Å². The lowest BCUT2D eigenvalue weighted by atomic mass is 10.1. The summed E-state index contributed by atoms with van der Waals surface area (Å²) < 4.78 is 54.0. The maximum Gasteiger partial charge on any atom is 0.250 e. The van der Waals surface area contributed by atoms with Crippen LogP contribution in [0.15, 0.2) is 59.5 Å². The van der Waals surface area contributed by atoms with Crippen LogP contribution in [0.2, 0.25) is 0 Å². The Hall–Kier alpha value is -3.54. The molecule has 3 aromatic rings. The number of halogens is 1. The van der Waals surface area contributed by atoms with Crippen LogP contribution < -0.4 is 10.5 Å². The Morgan fingerprint density at radius 2 is 1.73 bits per heavy atom. The fourth-order valence-electron chi connectivity index (χ4n) is 4.29. The average molecular weight is 574 g/mol. The van der Waals surface area contributed by atoms with Crippen molar-refractivity contribution < 1.29 is 31.9 Å². The molecule has 1 amide bonds. The van der Waals surface area contributed by atoms with Gasteiger partial charge in [-0.05, 0) is 81.6 Å². The van der Waals surface area contributed by atoms with Crippen molar-refractivity contribution in [3.63, 3.8) is 0 Å². The number of nitrogens with two attached hydrogens (primary N) is 1. The predicted molar refractivity (Wildman–Crippen MR) is 150 cm³/mol. The van der Waals surface area contributed by atoms with Crippen LogP contribution in [0.5, 0.6) is 5.75 Å². The minimum absolute atomic E-state index is 0.0200. The number of ketones is 1. The van der Waals surface area contributed by atoms with Gasteiger partial charge in [0.2, 0.25) is 10.0 Å². The van der Waals surface area contributed by atoms with Crippen molar-refractivity contribution in [2.24, 2.45) is 5.73 Å². The van der Waals surface area contributed by atoms with Gasteiger partial charge in [-0.1, -0.05) is 12.1 Å². The third kappa shape index (κ3) is 7.77. The van der Waals surface area contributed by atoms with E-state index >= 15 is 0 Å². The first-order valence-electron chi connectivity index (χ1n) is 13.0. The van der Waals surface area contributed by atoms with E-state index in [9.17, 15) is 22.4 Å². The van der Waals surface area contributed by atoms with Crippen LogP contribution in [-0.2, 0) is 27.7 Å². The Bertz CT molecular complexity index is 1420. The average Bonchev–Trinajstić information content (AvgIpc) is 3.26. The van der Waals surface area contributed by atoms with E-state index in [1.165, 1.54) is 49.6 Å². The van der Waals surface area contributed by atoms with Gasteiger partial charge < -0.3 is 19.8 Å². The molecule has 40 heavy (non-hydrogen) atoms. The fraction of sp³-hybridized carbons (Fsp3) is 0.379. The Kier molecular flexibility index (Phi) is 10.6. The third-order valence-electron chi connectivity index (χ3n) is 6.48. The number of aryl methyl sites for hydroxylation is 1. The molecule has 2 N–H and O–H groups in total. The van der Waals surface area contributed by atoms with E-state index in [2.05, 4.69) is 0 Å². The summed E-state index contributed by atoms with van der Waals surface area (Å²) in [4.78, 5) is 25.8. The van der Waals surface area contributed by atoms with E-state index in [0.29, 0.717) is 37.4 Å². The summed E-state index contributed by atoms with van der Waals surface area (Å²) in [5.41, 5.74) is 7.24. The smallest absolute Gasteiger partial charge is 0.250 e. The first-order chi connectivity index (χ1) is 18.9. The van der Waals surface area contributed by atoms with E-state index in [-0.39, 0.29) is 34.6 Å². The second kappa shape index (κ2) is 13.7. The summed E-state index contributed by atoms with van der Waals surface area (Å²) in [6, 6.07) is 13.3. The van der Waals surface area contributed by atoms with Gasteiger partial charge in [-0.2, -0.15) is 4.31 Å². The van der Waals surface area contributed by atoms with Gasteiger partial charge in [0.05, 0.1) is 35.9 Å². The SMILES string of the molecule is COc1ccc(S(=O)(=O)N(CCCOC(C)C)CC(=O)c2cc(C(N)=O)c(C)n2CCc2ccc(F)cc2)cc1. The standard InChI is InChI=1S/C29H36FN3O6S/c1-20(2)39-17-5-15-32(40(36,37)25-12-10-24(38-4)11-13-25)19-28(34)27-18-26(29(31)35)21(3)33(27)16-14-22-6-8-23(30)9-7-22/h6-13,18,20H,5,14-17,19H2,1-4H3,(H2,31,35). The number of aromatic nitrogens is 1. The molecule has 0 saturated carbocycles. The Labute approximate surface area is 234 Å². The lowest BCUT2D eigenvalue weighted by Gasteiger charge is -2.22. The van der Waals surface area contributed by atoms with Crippen LogP contribution in [0.3, 0.4) is 0 Å². The molecule has 3 rings (SSSR count). The lowest BCUT2D eigenvalue weighted by Crippen LogP contribution is -2.37. The molecule has 0 unspecified atom stereocenters. The quantitative estimate of drug-likeness (QED) is 0.217. The van der Waals surface area contributed by atoms with Crippen LogP contribution in [0, 0.1) is 12.7 Å². The number of methoxy groups -OCH3 is 1. The van der Waals surface area contributed by atoms with Crippen molar-refractivity contribution in [2.75, 3.05) is 26.8 Å². The first kappa shape index (κ1) is 31.0. The van der Waals surface area contributed by atoms with Gasteiger partial charge in [0.15, 0.2) is 5.78 Å². The molecule has 2 aromatic carbocycles. The van der Waals surface area contributed by atoms with E-state index in [1.807, 2.05) is 13.8 Å². The molecule has 0 aliphatic heterocycles. The van der Waals surface area contributed by atoms with Crippen LogP contribution in [0.4, 0.5) is 4.39 Å². The van der Waals surface area contributed by atoms with E-state index in [1.54, 1.807) is 23.6 Å². The zero-order chi connectivity index (χ0) is 29.4. The molecular weight excluding hydrogens is 537 g/mol. The lowest BCUT2D eigenvalue weighted by molar-refractivity contribution is 0.0734. The number of nitrogens with zero attached hydrogens (tertiary/aromatic N) is 2. The number of Topliss-reactive ketones (excluding diaryl/α,β-unsaturated/α-hetero) is 1. The number of sulfonamides is 1. The normalized spacial score (nSPS) is 11.8. The Morgan fingerprint density at radius 3 is 2.30 bits per heavy atom. The van der Waals surface area contributed by atoms with E-state index < -0.39 is 28.3 Å². The topological polar surface area (TPSA) is 121 Å². The summed E-state index contributed by atoms with van der Waals surface area (Å²) in [6.07, 6.45) is 0.806. The molecule has 0 bridgehead atoms. The van der Waals surface area contributed by atoms with Gasteiger partial charge in [-0.15, -0.1) is 0 Å². The molecule has 1 aromatic heterocycles. The number of ether oxygens (including phenoxy) is 2. The maximum absolute atomic E-state index is 13.7. The molecule has 0 spiro atoms. The largest absolute Gasteiger partial charge is 0.497 e. The van der Waals surface area contributed by atoms with Gasteiger partial charge in [-0.25, -0.2) is 12.8 Å². The van der Waals surface area contributed by atoms with Crippen molar-refractivity contribution in [3.05, 3.63) is 82.9 Å². The minimum Gasteiger partial charge on any atom is -0.497 e. The number of rotatable bonds is 15. The zero-order valence-electron chi connectivity index (χ0n) is 23.2. The molecule has 0 aliphatic carbocycles. The van der Waals surface area contributed by atoms with Gasteiger partial charge >= 0.3 is 0 Å². The van der Waals surface area contributed by atoms with Gasteiger partial charge in [0.25, 0.3) is 5.91 Å². The van der Waals surface area contributed by atoms with Gasteiger partial charge in [0.1, 0.15) is 11.6 Å². The maximum atomic E-state index is 13.7. The number of primary amides is 1. The third-order valence-corrected chi connectivity index (χ3v) is 8.33. The molecule has 0 fully saturated rings. The fourth-order valence-corrected chi connectivity index (χ4v) is 5.72. The number of carbonyl (C=O) groups excluding carboxylic acids is 2. The molecular formula is C29H36FN3O6S. The van der Waals surface area contributed by atoms with Crippen LogP contribution in [0.1, 0.15) is 52.4 Å². The molecule has 216 valence electrons. The van der Waals surface area contributed by atoms with Crippen molar-refractivity contribution in [1.82, 2.24) is 8.87 Å². The summed E-state index contributed by atoms with van der Waals surface area (Å²) in [6.45, 7) is 5.66. The van der Waals surface area contributed by atoms with E-state index in [0.717, 1.165) is 9.87 Å². The Morgan fingerprint density at radius 1 is 1.07 bits per heavy atom. The second-order valence-electron chi connectivity index (χ2n) is 9.63. The molecule has 0 saturated heterocycles. The molecule has 11 heteroatoms. The number of benzene rings is 2. The Balaban J connectivity index is 1.91. The van der Waals surface area contributed by atoms with Crippen LogP contribution in [0.25, 0.3) is 0 Å². The summed E-state index contributed by atoms with van der Waals surface area (Å²) in [7, 11) is -2.57. The zero-order valence-corrected chi connectivity index (χ0v) is 24.0. The van der Waals surface area contributed by atoms with Crippen LogP contribution in [-0.4, -0.2) is 61.9 Å². The molecule has 0 atom stereocenters. The van der Waals surface area contributed by atoms with Crippen LogP contribution >= 0.6 is 0 Å². The van der Waals surface area contributed by atoms with Crippen molar-refractivity contribution >= 4 is 21.7 Å². The molecule has 0 radical (unpaired) electrons. The highest BCUT2D eigenvalue weighted by Gasteiger charge is 2.29. The number of hydrogen-bond acceptors (Lipinski definition) is 6. The van der Waals surface area contributed by atoms with Crippen molar-refractivity contribution in [2.45, 2.75) is 51.2 Å². The minimum atomic E-state index is -4.06. The monoisotopic (exact) mass is 573 g/mol. The summed E-state index contributed by atoms with van der Waals surface area (Å²) >= 11 is 0. The number of carbonyl (C=O) groups is 2. The molecule has 9 nitrogen and oxygen atoms in total. The van der Waals surface area contributed by atoms with E-state index in [4.69, 9.17) is 15.2 Å². The number of amides is 1. The highest BCUT2D eigenvalue weighted by atomic mass is 32.2. The molecule has 0 aliphatic rings. The highest BCUT2D eigenvalue weighted by Crippen LogP contribution is 2.22. The number of hydrogen-bond donors (Lipinski definition) is 1. The highest BCUT2D eigenvalue weighted by molar-refractivity contribution is 7.89. The van der Waals surface area contributed by atoms with Gasteiger partial charge in [-0.3, -0.25) is 9.59 Å². The summed E-state index contributed by atoms with van der Waals surface area (Å²) in [5.74, 6) is -1.04. The summed E-state index contributed by atoms with van der Waals surface area (Å²) in [5, 5.41) is 0. The van der Waals surface area contributed by atoms with Crippen molar-refractivity contribution in [1.29, 1.82) is 0 Å².